The molecule has 0 saturated heterocycles. The second-order valence-electron chi connectivity index (χ2n) is 3.46. The number of carbonyl (C=O) groups is 2. The van der Waals surface area contributed by atoms with Gasteiger partial charge in [0.25, 0.3) is 0 Å². The summed E-state index contributed by atoms with van der Waals surface area (Å²) in [7, 11) is 0. The molecule has 14 heavy (non-hydrogen) atoms. The standard InChI is InChI=1S/C9H15NO3S/c1-14-5-4-7(11)10-8(9(12)13)6-2-3-6/h6,8H,2-5H2,1H3,(H,10,11)(H,12,13). The summed E-state index contributed by atoms with van der Waals surface area (Å²) in [6.45, 7) is 0. The molecule has 1 rings (SSSR count). The average Bonchev–Trinajstić information content (AvgIpc) is 2.93. The molecule has 1 aliphatic carbocycles. The predicted molar refractivity (Wildman–Crippen MR) is 55.3 cm³/mol. The molecule has 1 atom stereocenters. The van der Waals surface area contributed by atoms with Crippen molar-refractivity contribution in [1.82, 2.24) is 5.32 Å². The van der Waals surface area contributed by atoms with Crippen molar-refractivity contribution < 1.29 is 14.7 Å². The van der Waals surface area contributed by atoms with Gasteiger partial charge in [-0.15, -0.1) is 0 Å². The lowest BCUT2D eigenvalue weighted by molar-refractivity contribution is -0.142. The van der Waals surface area contributed by atoms with Gasteiger partial charge in [0, 0.05) is 12.2 Å². The summed E-state index contributed by atoms with van der Waals surface area (Å²) >= 11 is 1.58. The molecule has 1 saturated carbocycles. The summed E-state index contributed by atoms with van der Waals surface area (Å²) < 4.78 is 0. The Labute approximate surface area is 87.4 Å². The van der Waals surface area contributed by atoms with Gasteiger partial charge in [0.1, 0.15) is 6.04 Å². The first-order valence-electron chi connectivity index (χ1n) is 4.66. The maximum atomic E-state index is 11.3. The zero-order valence-electron chi connectivity index (χ0n) is 8.16. The molecule has 0 bridgehead atoms. The highest BCUT2D eigenvalue weighted by atomic mass is 32.2. The van der Waals surface area contributed by atoms with Crippen LogP contribution in [0.25, 0.3) is 0 Å². The highest BCUT2D eigenvalue weighted by Crippen LogP contribution is 2.32. The topological polar surface area (TPSA) is 66.4 Å². The lowest BCUT2D eigenvalue weighted by atomic mass is 10.2. The average molecular weight is 217 g/mol. The molecule has 4 nitrogen and oxygen atoms in total. The van der Waals surface area contributed by atoms with Crippen molar-refractivity contribution in [3.63, 3.8) is 0 Å². The molecule has 0 aliphatic heterocycles. The van der Waals surface area contributed by atoms with E-state index in [1.807, 2.05) is 6.26 Å². The zero-order valence-corrected chi connectivity index (χ0v) is 8.97. The molecule has 0 spiro atoms. The van der Waals surface area contributed by atoms with Crippen molar-refractivity contribution in [3.05, 3.63) is 0 Å². The van der Waals surface area contributed by atoms with Crippen LogP contribution >= 0.6 is 11.8 Å². The molecule has 0 heterocycles. The minimum atomic E-state index is -0.912. The molecular formula is C9H15NO3S. The molecule has 1 fully saturated rings. The van der Waals surface area contributed by atoms with E-state index in [9.17, 15) is 9.59 Å². The van der Waals surface area contributed by atoms with Crippen LogP contribution in [0.5, 0.6) is 0 Å². The Hall–Kier alpha value is -0.710. The van der Waals surface area contributed by atoms with E-state index in [1.165, 1.54) is 0 Å². The number of carbonyl (C=O) groups excluding carboxylic acids is 1. The van der Waals surface area contributed by atoms with E-state index in [0.29, 0.717) is 6.42 Å². The molecule has 0 aromatic carbocycles. The van der Waals surface area contributed by atoms with E-state index in [0.717, 1.165) is 18.6 Å². The molecule has 1 unspecified atom stereocenters. The fourth-order valence-corrected chi connectivity index (χ4v) is 1.64. The quantitative estimate of drug-likeness (QED) is 0.688. The van der Waals surface area contributed by atoms with E-state index < -0.39 is 12.0 Å². The van der Waals surface area contributed by atoms with Crippen molar-refractivity contribution in [2.75, 3.05) is 12.0 Å². The van der Waals surface area contributed by atoms with E-state index in [1.54, 1.807) is 11.8 Å². The van der Waals surface area contributed by atoms with Gasteiger partial charge in [0.05, 0.1) is 0 Å². The van der Waals surface area contributed by atoms with Crippen LogP contribution in [0.15, 0.2) is 0 Å². The summed E-state index contributed by atoms with van der Waals surface area (Å²) in [5.41, 5.74) is 0. The first-order chi connectivity index (χ1) is 6.65. The van der Waals surface area contributed by atoms with Crippen LogP contribution in [0.2, 0.25) is 0 Å². The number of amides is 1. The molecule has 0 radical (unpaired) electrons. The van der Waals surface area contributed by atoms with Gasteiger partial charge in [-0.05, 0) is 25.0 Å². The van der Waals surface area contributed by atoms with E-state index in [4.69, 9.17) is 5.11 Å². The SMILES string of the molecule is CSCCC(=O)NC(C(=O)O)C1CC1. The third kappa shape index (κ3) is 3.57. The lowest BCUT2D eigenvalue weighted by Crippen LogP contribution is -2.42. The van der Waals surface area contributed by atoms with Gasteiger partial charge >= 0.3 is 5.97 Å². The molecule has 0 aromatic heterocycles. The van der Waals surface area contributed by atoms with E-state index >= 15 is 0 Å². The minimum Gasteiger partial charge on any atom is -0.480 e. The van der Waals surface area contributed by atoms with Gasteiger partial charge < -0.3 is 10.4 Å². The van der Waals surface area contributed by atoms with Gasteiger partial charge in [-0.2, -0.15) is 11.8 Å². The lowest BCUT2D eigenvalue weighted by Gasteiger charge is -2.12. The fraction of sp³-hybridized carbons (Fsp3) is 0.778. The van der Waals surface area contributed by atoms with Crippen LogP contribution in [0, 0.1) is 5.92 Å². The van der Waals surface area contributed by atoms with Gasteiger partial charge in [0.15, 0.2) is 0 Å². The monoisotopic (exact) mass is 217 g/mol. The van der Waals surface area contributed by atoms with Gasteiger partial charge in [0.2, 0.25) is 5.91 Å². The number of carboxylic acids is 1. The highest BCUT2D eigenvalue weighted by molar-refractivity contribution is 7.98. The fourth-order valence-electron chi connectivity index (χ4n) is 1.25. The number of hydrogen-bond donors (Lipinski definition) is 2. The molecule has 80 valence electrons. The van der Waals surface area contributed by atoms with Crippen LogP contribution in [0.3, 0.4) is 0 Å². The number of hydrogen-bond acceptors (Lipinski definition) is 3. The molecule has 0 aromatic rings. The third-order valence-corrected chi connectivity index (χ3v) is 2.82. The molecule has 5 heteroatoms. The van der Waals surface area contributed by atoms with Crippen LogP contribution in [0.1, 0.15) is 19.3 Å². The molecule has 1 amide bonds. The Morgan fingerprint density at radius 2 is 2.21 bits per heavy atom. The number of rotatable bonds is 6. The third-order valence-electron chi connectivity index (χ3n) is 2.21. The maximum absolute atomic E-state index is 11.3. The van der Waals surface area contributed by atoms with Crippen LogP contribution in [0.4, 0.5) is 0 Å². The summed E-state index contributed by atoms with van der Waals surface area (Å²) in [4.78, 5) is 22.0. The number of nitrogens with one attached hydrogen (secondary N) is 1. The summed E-state index contributed by atoms with van der Waals surface area (Å²) in [6, 6.07) is -0.663. The van der Waals surface area contributed by atoms with Crippen molar-refractivity contribution in [1.29, 1.82) is 0 Å². The largest absolute Gasteiger partial charge is 0.480 e. The van der Waals surface area contributed by atoms with Crippen molar-refractivity contribution in [2.45, 2.75) is 25.3 Å². The minimum absolute atomic E-state index is 0.154. The summed E-state index contributed by atoms with van der Waals surface area (Å²) in [5.74, 6) is -0.169. The predicted octanol–water partition coefficient (Wildman–Crippen LogP) is 0.719. The maximum Gasteiger partial charge on any atom is 0.326 e. The Morgan fingerprint density at radius 1 is 1.57 bits per heavy atom. The highest BCUT2D eigenvalue weighted by Gasteiger charge is 2.36. The second-order valence-corrected chi connectivity index (χ2v) is 4.45. The van der Waals surface area contributed by atoms with Crippen LogP contribution < -0.4 is 5.32 Å². The van der Waals surface area contributed by atoms with Crippen molar-refractivity contribution in [3.8, 4) is 0 Å². The zero-order chi connectivity index (χ0) is 10.6. The number of carboxylic acid groups (broad SMARTS) is 1. The van der Waals surface area contributed by atoms with Crippen LogP contribution in [-0.2, 0) is 9.59 Å². The first-order valence-corrected chi connectivity index (χ1v) is 6.05. The smallest absolute Gasteiger partial charge is 0.326 e. The first kappa shape index (κ1) is 11.4. The van der Waals surface area contributed by atoms with Gasteiger partial charge in [-0.1, -0.05) is 0 Å². The van der Waals surface area contributed by atoms with Gasteiger partial charge in [-0.25, -0.2) is 4.79 Å². The Morgan fingerprint density at radius 3 is 2.64 bits per heavy atom. The molecule has 1 aliphatic rings. The van der Waals surface area contributed by atoms with Crippen molar-refractivity contribution >= 4 is 23.6 Å². The number of thioether (sulfide) groups is 1. The van der Waals surface area contributed by atoms with E-state index in [2.05, 4.69) is 5.32 Å². The normalized spacial score (nSPS) is 17.5. The summed E-state index contributed by atoms with van der Waals surface area (Å²) in [5, 5.41) is 11.4. The van der Waals surface area contributed by atoms with Gasteiger partial charge in [-0.3, -0.25) is 4.79 Å². The Bertz CT molecular complexity index is 228. The summed E-state index contributed by atoms with van der Waals surface area (Å²) in [6.07, 6.45) is 4.15. The van der Waals surface area contributed by atoms with Crippen LogP contribution in [-0.4, -0.2) is 35.0 Å². The molecular weight excluding hydrogens is 202 g/mol. The number of aliphatic carboxylic acids is 1. The second kappa shape index (κ2) is 5.24. The Balaban J connectivity index is 2.31. The van der Waals surface area contributed by atoms with E-state index in [-0.39, 0.29) is 11.8 Å². The molecule has 2 N–H and O–H groups in total. The Kier molecular flexibility index (Phi) is 4.25. The van der Waals surface area contributed by atoms with Crippen molar-refractivity contribution in [2.24, 2.45) is 5.92 Å².